The molecule has 2 heterocycles. The van der Waals surface area contributed by atoms with Crippen molar-refractivity contribution >= 4 is 34.6 Å². The number of esters is 2. The summed E-state index contributed by atoms with van der Waals surface area (Å²) in [5.41, 5.74) is 0. The second-order valence-electron chi connectivity index (χ2n) is 5.13. The lowest BCUT2D eigenvalue weighted by atomic mass is 10.4. The molecule has 0 aliphatic carbocycles. The van der Waals surface area contributed by atoms with E-state index in [1.54, 1.807) is 22.9 Å². The van der Waals surface area contributed by atoms with Crippen molar-refractivity contribution < 1.29 is 38.0 Å². The Labute approximate surface area is 170 Å². The van der Waals surface area contributed by atoms with Gasteiger partial charge in [0, 0.05) is 0 Å². The Bertz CT molecular complexity index is 677. The molecule has 0 amide bonds. The first-order valence-corrected chi connectivity index (χ1v) is 10.2. The van der Waals surface area contributed by atoms with Crippen LogP contribution >= 0.6 is 22.7 Å². The van der Waals surface area contributed by atoms with Crippen LogP contribution in [0.1, 0.15) is 19.3 Å². The van der Waals surface area contributed by atoms with Gasteiger partial charge in [0.05, 0.1) is 40.6 Å². The molecule has 0 N–H and O–H groups in total. The van der Waals surface area contributed by atoms with Crippen molar-refractivity contribution in [2.75, 3.05) is 53.9 Å². The number of carbonyl (C=O) groups is 2. The van der Waals surface area contributed by atoms with Crippen molar-refractivity contribution in [2.45, 2.75) is 0 Å². The third-order valence-corrected chi connectivity index (χ3v) is 5.09. The fraction of sp³-hybridized carbons (Fsp3) is 0.444. The van der Waals surface area contributed by atoms with Crippen LogP contribution in [0, 0.1) is 0 Å². The van der Waals surface area contributed by atoms with Gasteiger partial charge in [-0.05, 0) is 22.9 Å². The standard InChI is InChI=1S/C18H22O8S2/c1-21-17(19)15-13(3-11-27-15)25-9-7-23-5-6-24-8-10-26-14-4-12-28-16(14)18(20)22-2/h3-4,11-12H,5-10H2,1-2H3. The fourth-order valence-electron chi connectivity index (χ4n) is 2.05. The Hall–Kier alpha value is -2.14. The van der Waals surface area contributed by atoms with E-state index < -0.39 is 11.9 Å². The van der Waals surface area contributed by atoms with E-state index in [2.05, 4.69) is 9.47 Å². The molecule has 2 aromatic heterocycles. The number of carbonyl (C=O) groups excluding carboxylic acids is 2. The van der Waals surface area contributed by atoms with E-state index in [1.165, 1.54) is 36.9 Å². The van der Waals surface area contributed by atoms with Gasteiger partial charge in [0.15, 0.2) is 9.75 Å². The van der Waals surface area contributed by atoms with Crippen LogP contribution in [0.4, 0.5) is 0 Å². The molecule has 0 aliphatic heterocycles. The minimum atomic E-state index is -0.414. The molecule has 8 nitrogen and oxygen atoms in total. The second-order valence-corrected chi connectivity index (χ2v) is 6.97. The molecular formula is C18H22O8S2. The van der Waals surface area contributed by atoms with Crippen LogP contribution in [0.5, 0.6) is 11.5 Å². The summed E-state index contributed by atoms with van der Waals surface area (Å²) >= 11 is 2.53. The van der Waals surface area contributed by atoms with E-state index in [0.717, 1.165) is 0 Å². The van der Waals surface area contributed by atoms with Gasteiger partial charge in [0.2, 0.25) is 0 Å². The molecule has 0 saturated heterocycles. The zero-order chi connectivity index (χ0) is 20.2. The van der Waals surface area contributed by atoms with Gasteiger partial charge in [0.1, 0.15) is 24.7 Å². The number of methoxy groups -OCH3 is 2. The molecule has 2 rings (SSSR count). The van der Waals surface area contributed by atoms with E-state index >= 15 is 0 Å². The number of thiophene rings is 2. The lowest BCUT2D eigenvalue weighted by molar-refractivity contribution is 0.0269. The highest BCUT2D eigenvalue weighted by atomic mass is 32.1. The molecule has 0 unspecified atom stereocenters. The topological polar surface area (TPSA) is 89.5 Å². The highest BCUT2D eigenvalue weighted by Gasteiger charge is 2.15. The number of ether oxygens (including phenoxy) is 6. The zero-order valence-corrected chi connectivity index (χ0v) is 17.3. The second kappa shape index (κ2) is 12.3. The Balaban J connectivity index is 1.49. The molecule has 0 atom stereocenters. The highest BCUT2D eigenvalue weighted by Crippen LogP contribution is 2.26. The Morgan fingerprint density at radius 3 is 1.50 bits per heavy atom. The van der Waals surface area contributed by atoms with Crippen LogP contribution < -0.4 is 9.47 Å². The minimum Gasteiger partial charge on any atom is -0.489 e. The van der Waals surface area contributed by atoms with Crippen molar-refractivity contribution in [3.63, 3.8) is 0 Å². The Morgan fingerprint density at radius 2 is 1.11 bits per heavy atom. The first kappa shape index (κ1) is 22.2. The lowest BCUT2D eigenvalue weighted by Crippen LogP contribution is -2.14. The van der Waals surface area contributed by atoms with Crippen molar-refractivity contribution in [3.05, 3.63) is 32.6 Å². The van der Waals surface area contributed by atoms with Crippen molar-refractivity contribution in [1.82, 2.24) is 0 Å². The molecule has 154 valence electrons. The Morgan fingerprint density at radius 1 is 0.714 bits per heavy atom. The molecular weight excluding hydrogens is 408 g/mol. The maximum atomic E-state index is 11.5. The molecule has 0 radical (unpaired) electrons. The summed E-state index contributed by atoms with van der Waals surface area (Å²) in [5, 5.41) is 3.53. The fourth-order valence-corrected chi connectivity index (χ4v) is 3.55. The van der Waals surface area contributed by atoms with Gasteiger partial charge in [-0.15, -0.1) is 22.7 Å². The van der Waals surface area contributed by atoms with E-state index in [4.69, 9.17) is 18.9 Å². The maximum absolute atomic E-state index is 11.5. The van der Waals surface area contributed by atoms with Crippen LogP contribution in [0.3, 0.4) is 0 Å². The average Bonchev–Trinajstić information content (AvgIpc) is 3.37. The first-order valence-electron chi connectivity index (χ1n) is 8.40. The van der Waals surface area contributed by atoms with Gasteiger partial charge in [-0.1, -0.05) is 0 Å². The molecule has 2 aromatic rings. The van der Waals surface area contributed by atoms with Crippen molar-refractivity contribution in [2.24, 2.45) is 0 Å². The van der Waals surface area contributed by atoms with Gasteiger partial charge >= 0.3 is 11.9 Å². The van der Waals surface area contributed by atoms with E-state index in [1.807, 2.05) is 0 Å². The van der Waals surface area contributed by atoms with Crippen LogP contribution in [-0.4, -0.2) is 65.8 Å². The molecule has 0 bridgehead atoms. The normalized spacial score (nSPS) is 10.5. The zero-order valence-electron chi connectivity index (χ0n) is 15.6. The van der Waals surface area contributed by atoms with Gasteiger partial charge in [-0.2, -0.15) is 0 Å². The van der Waals surface area contributed by atoms with Crippen LogP contribution in [0.25, 0.3) is 0 Å². The lowest BCUT2D eigenvalue weighted by Gasteiger charge is -2.09. The predicted octanol–water partition coefficient (Wildman–Crippen LogP) is 2.87. The van der Waals surface area contributed by atoms with Crippen LogP contribution in [0.15, 0.2) is 22.9 Å². The highest BCUT2D eigenvalue weighted by molar-refractivity contribution is 7.12. The third kappa shape index (κ3) is 6.79. The number of rotatable bonds is 13. The predicted molar refractivity (Wildman–Crippen MR) is 104 cm³/mol. The Kier molecular flexibility index (Phi) is 9.77. The summed E-state index contributed by atoms with van der Waals surface area (Å²) in [7, 11) is 2.66. The van der Waals surface area contributed by atoms with Crippen LogP contribution in [-0.2, 0) is 18.9 Å². The van der Waals surface area contributed by atoms with Gasteiger partial charge < -0.3 is 28.4 Å². The first-order chi connectivity index (χ1) is 13.7. The summed E-state index contributed by atoms with van der Waals surface area (Å²) in [4.78, 5) is 23.9. The molecule has 10 heteroatoms. The van der Waals surface area contributed by atoms with Gasteiger partial charge in [-0.3, -0.25) is 0 Å². The van der Waals surface area contributed by atoms with Crippen LogP contribution in [0.2, 0.25) is 0 Å². The van der Waals surface area contributed by atoms with Crippen molar-refractivity contribution in [1.29, 1.82) is 0 Å². The van der Waals surface area contributed by atoms with E-state index in [-0.39, 0.29) is 0 Å². The smallest absolute Gasteiger partial charge is 0.351 e. The van der Waals surface area contributed by atoms with E-state index in [0.29, 0.717) is 60.9 Å². The average molecular weight is 431 g/mol. The summed E-state index contributed by atoms with van der Waals surface area (Å²) in [6.45, 7) is 2.18. The molecule has 28 heavy (non-hydrogen) atoms. The minimum absolute atomic E-state index is 0.318. The van der Waals surface area contributed by atoms with Crippen molar-refractivity contribution in [3.8, 4) is 11.5 Å². The SMILES string of the molecule is COC(=O)c1sccc1OCCOCCOCCOc1ccsc1C(=O)OC. The molecule has 0 aromatic carbocycles. The largest absolute Gasteiger partial charge is 0.489 e. The third-order valence-electron chi connectivity index (χ3n) is 3.34. The quantitative estimate of drug-likeness (QED) is 0.354. The molecule has 0 aliphatic rings. The summed E-state index contributed by atoms with van der Waals surface area (Å²) in [6.07, 6.45) is 0. The molecule has 0 fully saturated rings. The van der Waals surface area contributed by atoms with Gasteiger partial charge in [0.25, 0.3) is 0 Å². The number of hydrogen-bond acceptors (Lipinski definition) is 10. The molecule has 0 saturated carbocycles. The summed E-state index contributed by atoms with van der Waals surface area (Å²) in [6, 6.07) is 3.44. The summed E-state index contributed by atoms with van der Waals surface area (Å²) in [5.74, 6) is 0.160. The monoisotopic (exact) mass is 430 g/mol. The molecule has 0 spiro atoms. The van der Waals surface area contributed by atoms with Gasteiger partial charge in [-0.25, -0.2) is 9.59 Å². The summed E-state index contributed by atoms with van der Waals surface area (Å²) < 4.78 is 31.2. The number of hydrogen-bond donors (Lipinski definition) is 0. The van der Waals surface area contributed by atoms with E-state index in [9.17, 15) is 9.59 Å². The maximum Gasteiger partial charge on any atom is 0.351 e.